The van der Waals surface area contributed by atoms with Gasteiger partial charge >= 0.3 is 11.8 Å². The molecule has 3 nitrogen and oxygen atoms in total. The number of rotatable bonds is 0. The molecule has 0 unspecified atom stereocenters. The van der Waals surface area contributed by atoms with E-state index in [4.69, 9.17) is 11.6 Å². The van der Waals surface area contributed by atoms with Gasteiger partial charge in [-0.2, -0.15) is 0 Å². The number of amides is 2. The molecule has 0 spiro atoms. The van der Waals surface area contributed by atoms with Gasteiger partial charge in [0.2, 0.25) is 0 Å². The van der Waals surface area contributed by atoms with Crippen LogP contribution in [0.15, 0.2) is 34.7 Å². The third-order valence-corrected chi connectivity index (χ3v) is 2.93. The van der Waals surface area contributed by atoms with Gasteiger partial charge in [0.1, 0.15) is 5.03 Å². The van der Waals surface area contributed by atoms with Gasteiger partial charge in [0.25, 0.3) is 0 Å². The summed E-state index contributed by atoms with van der Waals surface area (Å²) < 4.78 is -0.348. The van der Waals surface area contributed by atoms with Crippen molar-refractivity contribution in [2.45, 2.75) is 13.8 Å². The molecule has 0 atom stereocenters. The highest BCUT2D eigenvalue weighted by Gasteiger charge is 2.53. The van der Waals surface area contributed by atoms with Crippen molar-refractivity contribution in [3.63, 3.8) is 0 Å². The van der Waals surface area contributed by atoms with Gasteiger partial charge < -0.3 is 0 Å². The van der Waals surface area contributed by atoms with Crippen LogP contribution in [-0.2, 0) is 9.59 Å². The molecule has 2 amide bonds. The summed E-state index contributed by atoms with van der Waals surface area (Å²) in [6.45, 7) is 2.80. The number of hydrogen-bond donors (Lipinski definition) is 0. The van der Waals surface area contributed by atoms with Crippen LogP contribution < -0.4 is 0 Å². The monoisotopic (exact) mass is 210 g/mol. The normalized spacial score (nSPS) is 21.5. The van der Waals surface area contributed by atoms with Gasteiger partial charge in [-0.05, 0) is 0 Å². The molecule has 0 aromatic rings. The first-order valence-electron chi connectivity index (χ1n) is 4.23. The van der Waals surface area contributed by atoms with Gasteiger partial charge in [0.15, 0.2) is 11.4 Å². The smallest absolute Gasteiger partial charge is 0.230 e. The summed E-state index contributed by atoms with van der Waals surface area (Å²) in [5.41, 5.74) is 1.21. The maximum absolute atomic E-state index is 11.6. The van der Waals surface area contributed by atoms with Crippen LogP contribution in [-0.4, -0.2) is 16.3 Å². The number of nitrogens with zero attached hydrogens (tertiary/aromatic N) is 1. The fraction of sp³-hybridized carbons (Fsp3) is 0.200. The van der Waals surface area contributed by atoms with Crippen molar-refractivity contribution >= 4 is 23.4 Å². The number of carbonyl (C=O) groups excluding carboxylic acids is 2. The Morgan fingerprint density at radius 3 is 2.00 bits per heavy atom. The highest BCUT2D eigenvalue weighted by atomic mass is 35.5. The standard InChI is InChI=1S/C10H9ClNO2/c1-6(13)12(7(2)14)8-3-4-10(12)9(11)5-8/h3-5H,1-2H3/q+1. The largest absolute Gasteiger partial charge is 0.328 e. The lowest BCUT2D eigenvalue weighted by molar-refractivity contribution is -0.682. The molecule has 0 aliphatic carbocycles. The van der Waals surface area contributed by atoms with Gasteiger partial charge in [-0.25, -0.2) is 9.59 Å². The second kappa shape index (κ2) is 2.65. The van der Waals surface area contributed by atoms with E-state index in [1.165, 1.54) is 13.8 Å². The molecule has 14 heavy (non-hydrogen) atoms. The number of hydrogen-bond acceptors (Lipinski definition) is 2. The molecule has 2 bridgehead atoms. The first-order chi connectivity index (χ1) is 6.51. The van der Waals surface area contributed by atoms with Gasteiger partial charge in [-0.15, -0.1) is 4.48 Å². The van der Waals surface area contributed by atoms with Crippen LogP contribution in [0.25, 0.3) is 0 Å². The molecular formula is C10H9ClNO2+. The zero-order chi connectivity index (χ0) is 10.5. The van der Waals surface area contributed by atoms with Crippen molar-refractivity contribution in [1.29, 1.82) is 0 Å². The van der Waals surface area contributed by atoms with Gasteiger partial charge in [0, 0.05) is 18.2 Å². The van der Waals surface area contributed by atoms with Gasteiger partial charge in [0.05, 0.1) is 13.8 Å². The van der Waals surface area contributed by atoms with E-state index in [1.54, 1.807) is 18.2 Å². The summed E-state index contributed by atoms with van der Waals surface area (Å²) in [4.78, 5) is 23.2. The molecule has 2 heterocycles. The maximum Gasteiger partial charge on any atom is 0.328 e. The van der Waals surface area contributed by atoms with E-state index in [2.05, 4.69) is 0 Å². The predicted octanol–water partition coefficient (Wildman–Crippen LogP) is 1.81. The van der Waals surface area contributed by atoms with Crippen molar-refractivity contribution in [2.75, 3.05) is 0 Å². The van der Waals surface area contributed by atoms with Crippen molar-refractivity contribution in [1.82, 2.24) is 0 Å². The highest BCUT2D eigenvalue weighted by Crippen LogP contribution is 2.43. The molecule has 72 valence electrons. The van der Waals surface area contributed by atoms with Crippen LogP contribution in [0.3, 0.4) is 0 Å². The van der Waals surface area contributed by atoms with Crippen LogP contribution in [0.4, 0.5) is 0 Å². The molecule has 0 aromatic heterocycles. The van der Waals surface area contributed by atoms with E-state index in [0.717, 1.165) is 0 Å². The minimum Gasteiger partial charge on any atom is -0.230 e. The Hall–Kier alpha value is -1.19. The second-order valence-corrected chi connectivity index (χ2v) is 3.75. The average Bonchev–Trinajstić information content (AvgIpc) is 2.55. The third-order valence-electron chi connectivity index (χ3n) is 2.62. The van der Waals surface area contributed by atoms with E-state index in [-0.39, 0.29) is 16.3 Å². The summed E-state index contributed by atoms with van der Waals surface area (Å²) in [7, 11) is 0. The lowest BCUT2D eigenvalue weighted by Crippen LogP contribution is -2.49. The first-order valence-corrected chi connectivity index (χ1v) is 4.61. The Kier molecular flexibility index (Phi) is 1.77. The first kappa shape index (κ1) is 9.37. The topological polar surface area (TPSA) is 34.1 Å². The molecule has 0 saturated carbocycles. The summed E-state index contributed by atoms with van der Waals surface area (Å²) in [6.07, 6.45) is 5.14. The Bertz CT molecular complexity index is 429. The van der Waals surface area contributed by atoms with E-state index in [1.807, 2.05) is 0 Å². The average molecular weight is 211 g/mol. The number of fused-ring (bicyclic) bond motifs is 2. The van der Waals surface area contributed by atoms with Gasteiger partial charge in [-0.1, -0.05) is 11.6 Å². The van der Waals surface area contributed by atoms with E-state index in [9.17, 15) is 9.59 Å². The summed E-state index contributed by atoms with van der Waals surface area (Å²) in [6, 6.07) is 0. The molecule has 0 aromatic carbocycles. The molecule has 2 aliphatic rings. The maximum atomic E-state index is 11.6. The Morgan fingerprint density at radius 2 is 1.79 bits per heavy atom. The fourth-order valence-corrected chi connectivity index (χ4v) is 2.34. The highest BCUT2D eigenvalue weighted by molar-refractivity contribution is 6.32. The minimum absolute atomic E-state index is 0.223. The molecule has 0 N–H and O–H groups in total. The van der Waals surface area contributed by atoms with Crippen LogP contribution >= 0.6 is 11.6 Å². The number of quaternary nitrogens is 1. The Balaban J connectivity index is 2.71. The van der Waals surface area contributed by atoms with Crippen molar-refractivity contribution in [3.05, 3.63) is 34.7 Å². The number of allylic oxidation sites excluding steroid dienone is 4. The third kappa shape index (κ3) is 0.811. The molecule has 2 rings (SSSR count). The number of carbonyl (C=O) groups is 2. The predicted molar refractivity (Wildman–Crippen MR) is 51.7 cm³/mol. The number of halogens is 1. The van der Waals surface area contributed by atoms with E-state index in [0.29, 0.717) is 16.4 Å². The lowest BCUT2D eigenvalue weighted by atomic mass is 10.3. The van der Waals surface area contributed by atoms with Crippen molar-refractivity contribution in [3.8, 4) is 0 Å². The van der Waals surface area contributed by atoms with Crippen LogP contribution in [0.1, 0.15) is 13.8 Å². The molecule has 0 fully saturated rings. The lowest BCUT2D eigenvalue weighted by Gasteiger charge is -2.24. The van der Waals surface area contributed by atoms with Crippen molar-refractivity contribution < 1.29 is 14.1 Å². The molecule has 0 saturated heterocycles. The summed E-state index contributed by atoms with van der Waals surface area (Å²) in [5.74, 6) is -0.446. The Labute approximate surface area is 86.5 Å². The zero-order valence-electron chi connectivity index (χ0n) is 7.87. The summed E-state index contributed by atoms with van der Waals surface area (Å²) >= 11 is 5.91. The molecule has 0 radical (unpaired) electrons. The van der Waals surface area contributed by atoms with Crippen LogP contribution in [0.2, 0.25) is 0 Å². The quantitative estimate of drug-likeness (QED) is 0.572. The minimum atomic E-state index is -0.348. The SMILES string of the molecule is CC(=O)[N+]1(C(C)=O)C2=CC(Cl)=C1C=C2. The van der Waals surface area contributed by atoms with Gasteiger partial charge in [-0.3, -0.25) is 0 Å². The fourth-order valence-electron chi connectivity index (χ4n) is 2.04. The number of imide groups is 1. The Morgan fingerprint density at radius 1 is 1.21 bits per heavy atom. The van der Waals surface area contributed by atoms with Crippen molar-refractivity contribution in [2.24, 2.45) is 0 Å². The second-order valence-electron chi connectivity index (χ2n) is 3.34. The van der Waals surface area contributed by atoms with E-state index >= 15 is 0 Å². The molecule has 4 heteroatoms. The summed E-state index contributed by atoms with van der Waals surface area (Å²) in [5, 5.41) is 0.480. The van der Waals surface area contributed by atoms with E-state index < -0.39 is 0 Å². The van der Waals surface area contributed by atoms with Crippen LogP contribution in [0, 0.1) is 0 Å². The van der Waals surface area contributed by atoms with Crippen LogP contribution in [0.5, 0.6) is 0 Å². The molecular weight excluding hydrogens is 202 g/mol. The zero-order valence-corrected chi connectivity index (χ0v) is 8.63. The molecule has 2 aliphatic heterocycles.